The molecule has 20 heavy (non-hydrogen) atoms. The molecule has 0 bridgehead atoms. The fourth-order valence-corrected chi connectivity index (χ4v) is 2.26. The molecule has 102 valence electrons. The zero-order valence-electron chi connectivity index (χ0n) is 11.1. The molecule has 0 saturated carbocycles. The molecule has 0 radical (unpaired) electrons. The number of imidazole rings is 1. The van der Waals surface area contributed by atoms with Crippen LogP contribution in [-0.4, -0.2) is 9.55 Å². The van der Waals surface area contributed by atoms with E-state index in [1.165, 1.54) is 10.9 Å². The lowest BCUT2D eigenvalue weighted by molar-refractivity contribution is 0.572. The van der Waals surface area contributed by atoms with Gasteiger partial charge in [0.1, 0.15) is 12.0 Å². The summed E-state index contributed by atoms with van der Waals surface area (Å²) < 4.78 is 29.4. The van der Waals surface area contributed by atoms with E-state index in [-0.39, 0.29) is 11.4 Å². The second-order valence-electron chi connectivity index (χ2n) is 4.87. The van der Waals surface area contributed by atoms with E-state index < -0.39 is 11.6 Å². The van der Waals surface area contributed by atoms with Crippen LogP contribution in [0, 0.1) is 25.5 Å². The monoisotopic (exact) mass is 273 g/mol. The minimum Gasteiger partial charge on any atom is -0.399 e. The van der Waals surface area contributed by atoms with Gasteiger partial charge in [-0.2, -0.15) is 0 Å². The van der Waals surface area contributed by atoms with E-state index in [4.69, 9.17) is 5.73 Å². The van der Waals surface area contributed by atoms with Crippen LogP contribution in [0.5, 0.6) is 0 Å². The number of aromatic nitrogens is 2. The molecular formula is C15H13F2N3. The molecule has 0 fully saturated rings. The van der Waals surface area contributed by atoms with Crippen LogP contribution in [0.2, 0.25) is 0 Å². The number of rotatable bonds is 1. The van der Waals surface area contributed by atoms with Gasteiger partial charge in [-0.05, 0) is 49.2 Å². The van der Waals surface area contributed by atoms with Gasteiger partial charge < -0.3 is 5.73 Å². The first-order valence-corrected chi connectivity index (χ1v) is 6.16. The number of aryl methyl sites for hydroxylation is 2. The Kier molecular flexibility index (Phi) is 2.71. The van der Waals surface area contributed by atoms with Crippen molar-refractivity contribution in [2.24, 2.45) is 0 Å². The molecule has 0 unspecified atom stereocenters. The van der Waals surface area contributed by atoms with E-state index in [0.29, 0.717) is 11.0 Å². The lowest BCUT2D eigenvalue weighted by Crippen LogP contribution is -2.02. The zero-order chi connectivity index (χ0) is 14.4. The number of nitrogens with zero attached hydrogens (tertiary/aromatic N) is 2. The first-order valence-electron chi connectivity index (χ1n) is 6.16. The number of fused-ring (bicyclic) bond motifs is 1. The average Bonchev–Trinajstić information content (AvgIpc) is 2.72. The standard InChI is InChI=1S/C15H13F2N3/c1-8-3-13-14(4-9(8)2)20(7-19-13)15-11(16)5-10(18)6-12(15)17/h3-7H,18H2,1-2H3. The van der Waals surface area contributed by atoms with Crippen molar-refractivity contribution in [1.82, 2.24) is 9.55 Å². The van der Waals surface area contributed by atoms with Crippen LogP contribution >= 0.6 is 0 Å². The quantitative estimate of drug-likeness (QED) is 0.690. The van der Waals surface area contributed by atoms with E-state index in [1.54, 1.807) is 0 Å². The summed E-state index contributed by atoms with van der Waals surface area (Å²) in [5.41, 5.74) is 8.81. The molecule has 1 aromatic heterocycles. The Hall–Kier alpha value is -2.43. The van der Waals surface area contributed by atoms with Crippen molar-refractivity contribution in [2.75, 3.05) is 5.73 Å². The maximum atomic E-state index is 14.0. The minimum atomic E-state index is -0.708. The van der Waals surface area contributed by atoms with Gasteiger partial charge in [0, 0.05) is 5.69 Å². The van der Waals surface area contributed by atoms with E-state index >= 15 is 0 Å². The number of anilines is 1. The molecule has 0 atom stereocenters. The summed E-state index contributed by atoms with van der Waals surface area (Å²) in [5, 5.41) is 0. The summed E-state index contributed by atoms with van der Waals surface area (Å²) in [7, 11) is 0. The van der Waals surface area contributed by atoms with Crippen molar-refractivity contribution < 1.29 is 8.78 Å². The Bertz CT molecular complexity index is 798. The zero-order valence-corrected chi connectivity index (χ0v) is 11.1. The molecule has 3 rings (SSSR count). The van der Waals surface area contributed by atoms with Crippen LogP contribution in [0.15, 0.2) is 30.6 Å². The number of hydrogen-bond acceptors (Lipinski definition) is 2. The number of nitrogens with two attached hydrogens (primary N) is 1. The molecule has 0 aliphatic carbocycles. The third kappa shape index (κ3) is 1.82. The molecule has 1 heterocycles. The van der Waals surface area contributed by atoms with Crippen LogP contribution < -0.4 is 5.73 Å². The van der Waals surface area contributed by atoms with Crippen molar-refractivity contribution >= 4 is 16.7 Å². The van der Waals surface area contributed by atoms with Gasteiger partial charge in [0.2, 0.25) is 0 Å². The molecular weight excluding hydrogens is 260 g/mol. The van der Waals surface area contributed by atoms with Crippen molar-refractivity contribution in [3.8, 4) is 5.69 Å². The van der Waals surface area contributed by atoms with Gasteiger partial charge in [-0.3, -0.25) is 4.57 Å². The smallest absolute Gasteiger partial charge is 0.152 e. The summed E-state index contributed by atoms with van der Waals surface area (Å²) in [6.45, 7) is 3.92. The fraction of sp³-hybridized carbons (Fsp3) is 0.133. The van der Waals surface area contributed by atoms with Crippen LogP contribution in [0.25, 0.3) is 16.7 Å². The van der Waals surface area contributed by atoms with Crippen molar-refractivity contribution in [2.45, 2.75) is 13.8 Å². The lowest BCUT2D eigenvalue weighted by atomic mass is 10.1. The summed E-state index contributed by atoms with van der Waals surface area (Å²) >= 11 is 0. The Balaban J connectivity index is 2.33. The first kappa shape index (κ1) is 12.6. The third-order valence-electron chi connectivity index (χ3n) is 3.44. The van der Waals surface area contributed by atoms with E-state index in [2.05, 4.69) is 4.98 Å². The van der Waals surface area contributed by atoms with Gasteiger partial charge in [-0.15, -0.1) is 0 Å². The highest BCUT2D eigenvalue weighted by Gasteiger charge is 2.15. The third-order valence-corrected chi connectivity index (χ3v) is 3.44. The fourth-order valence-electron chi connectivity index (χ4n) is 2.26. The van der Waals surface area contributed by atoms with E-state index in [0.717, 1.165) is 23.3 Å². The van der Waals surface area contributed by atoms with Gasteiger partial charge in [0.25, 0.3) is 0 Å². The van der Waals surface area contributed by atoms with Crippen LogP contribution in [-0.2, 0) is 0 Å². The summed E-state index contributed by atoms with van der Waals surface area (Å²) in [5.74, 6) is -1.42. The van der Waals surface area contributed by atoms with Crippen LogP contribution in [0.1, 0.15) is 11.1 Å². The number of benzene rings is 2. The molecule has 5 heteroatoms. The molecule has 0 spiro atoms. The van der Waals surface area contributed by atoms with Crippen molar-refractivity contribution in [3.05, 3.63) is 53.4 Å². The molecule has 3 aromatic rings. The number of hydrogen-bond donors (Lipinski definition) is 1. The largest absolute Gasteiger partial charge is 0.399 e. The van der Waals surface area contributed by atoms with E-state index in [1.807, 2.05) is 26.0 Å². The Morgan fingerprint density at radius 1 is 1.00 bits per heavy atom. The Morgan fingerprint density at radius 3 is 2.25 bits per heavy atom. The Morgan fingerprint density at radius 2 is 1.60 bits per heavy atom. The SMILES string of the molecule is Cc1cc2ncn(-c3c(F)cc(N)cc3F)c2cc1C. The topological polar surface area (TPSA) is 43.8 Å². The molecule has 0 aliphatic rings. The highest BCUT2D eigenvalue weighted by Crippen LogP contribution is 2.26. The van der Waals surface area contributed by atoms with Gasteiger partial charge >= 0.3 is 0 Å². The van der Waals surface area contributed by atoms with Gasteiger partial charge in [-0.1, -0.05) is 0 Å². The second-order valence-corrected chi connectivity index (χ2v) is 4.87. The minimum absolute atomic E-state index is 0.0557. The van der Waals surface area contributed by atoms with Gasteiger partial charge in [0.15, 0.2) is 11.6 Å². The van der Waals surface area contributed by atoms with E-state index in [9.17, 15) is 8.78 Å². The average molecular weight is 273 g/mol. The summed E-state index contributed by atoms with van der Waals surface area (Å²) in [6, 6.07) is 5.97. The molecule has 2 N–H and O–H groups in total. The van der Waals surface area contributed by atoms with Crippen LogP contribution in [0.4, 0.5) is 14.5 Å². The highest BCUT2D eigenvalue weighted by molar-refractivity contribution is 5.79. The highest BCUT2D eigenvalue weighted by atomic mass is 19.1. The number of halogens is 2. The summed E-state index contributed by atoms with van der Waals surface area (Å²) in [4.78, 5) is 4.20. The molecule has 2 aromatic carbocycles. The maximum absolute atomic E-state index is 14.0. The molecule has 0 aliphatic heterocycles. The first-order chi connectivity index (χ1) is 9.47. The Labute approximate surface area is 114 Å². The van der Waals surface area contributed by atoms with Crippen LogP contribution in [0.3, 0.4) is 0 Å². The molecule has 0 saturated heterocycles. The summed E-state index contributed by atoms with van der Waals surface area (Å²) in [6.07, 6.45) is 1.42. The predicted octanol–water partition coefficient (Wildman–Crippen LogP) is 3.50. The van der Waals surface area contributed by atoms with Gasteiger partial charge in [0.05, 0.1) is 11.0 Å². The number of nitrogen functional groups attached to an aromatic ring is 1. The van der Waals surface area contributed by atoms with Crippen molar-refractivity contribution in [3.63, 3.8) is 0 Å². The molecule has 3 nitrogen and oxygen atoms in total. The second kappa shape index (κ2) is 4.30. The lowest BCUT2D eigenvalue weighted by Gasteiger charge is -2.09. The molecule has 0 amide bonds. The van der Waals surface area contributed by atoms with Gasteiger partial charge in [-0.25, -0.2) is 13.8 Å². The maximum Gasteiger partial charge on any atom is 0.152 e. The van der Waals surface area contributed by atoms with Crippen molar-refractivity contribution in [1.29, 1.82) is 0 Å². The normalized spacial score (nSPS) is 11.2. The predicted molar refractivity (Wildman–Crippen MR) is 74.9 cm³/mol.